The van der Waals surface area contributed by atoms with Crippen molar-refractivity contribution in [3.63, 3.8) is 0 Å². The SMILES string of the molecule is C[C@H](Nc1ncnc(N)c1C#N)c1cnc2ccccc2c1-c1ccc(F)cc1. The quantitative estimate of drug-likeness (QED) is 0.539. The Kier molecular flexibility index (Phi) is 4.75. The standard InChI is InChI=1S/C22H17FN6/c1-13(29-22-17(10-24)21(25)27-12-28-22)18-11-26-19-5-3-2-4-16(19)20(18)14-6-8-15(23)9-7-14/h2-9,11-13H,1H3,(H3,25,27,28,29)/t13-/m0/s1. The zero-order valence-corrected chi connectivity index (χ0v) is 15.6. The Balaban J connectivity index is 1.86. The molecule has 7 heteroatoms. The summed E-state index contributed by atoms with van der Waals surface area (Å²) in [6, 6.07) is 15.9. The molecule has 0 fully saturated rings. The molecule has 0 saturated carbocycles. The van der Waals surface area contributed by atoms with Gasteiger partial charge < -0.3 is 11.1 Å². The molecule has 0 bridgehead atoms. The molecular weight excluding hydrogens is 367 g/mol. The number of nitriles is 1. The Bertz CT molecular complexity index is 1230. The molecule has 3 N–H and O–H groups in total. The van der Waals surface area contributed by atoms with Gasteiger partial charge in [-0.05, 0) is 36.2 Å². The normalized spacial score (nSPS) is 11.8. The van der Waals surface area contributed by atoms with Crippen molar-refractivity contribution >= 4 is 22.5 Å². The Morgan fingerprint density at radius 3 is 2.59 bits per heavy atom. The molecule has 0 aliphatic carbocycles. The van der Waals surface area contributed by atoms with E-state index in [2.05, 4.69) is 20.3 Å². The van der Waals surface area contributed by atoms with E-state index < -0.39 is 0 Å². The van der Waals surface area contributed by atoms with Gasteiger partial charge in [-0.2, -0.15) is 5.26 Å². The maximum atomic E-state index is 13.5. The molecule has 2 aromatic carbocycles. The fourth-order valence-electron chi connectivity index (χ4n) is 3.33. The van der Waals surface area contributed by atoms with Crippen molar-refractivity contribution in [3.8, 4) is 17.2 Å². The van der Waals surface area contributed by atoms with Gasteiger partial charge >= 0.3 is 0 Å². The summed E-state index contributed by atoms with van der Waals surface area (Å²) in [6.07, 6.45) is 3.10. The molecule has 1 atom stereocenters. The monoisotopic (exact) mass is 384 g/mol. The van der Waals surface area contributed by atoms with Crippen molar-refractivity contribution in [2.24, 2.45) is 0 Å². The first-order valence-corrected chi connectivity index (χ1v) is 8.99. The van der Waals surface area contributed by atoms with Crippen LogP contribution < -0.4 is 11.1 Å². The lowest BCUT2D eigenvalue weighted by Gasteiger charge is -2.20. The van der Waals surface area contributed by atoms with Crippen LogP contribution in [0.3, 0.4) is 0 Å². The molecule has 0 unspecified atom stereocenters. The lowest BCUT2D eigenvalue weighted by atomic mass is 9.93. The molecule has 2 heterocycles. The summed E-state index contributed by atoms with van der Waals surface area (Å²) in [4.78, 5) is 12.6. The van der Waals surface area contributed by atoms with Crippen LogP contribution in [0.1, 0.15) is 24.1 Å². The molecule has 0 aliphatic heterocycles. The van der Waals surface area contributed by atoms with Crippen molar-refractivity contribution in [2.45, 2.75) is 13.0 Å². The van der Waals surface area contributed by atoms with Crippen molar-refractivity contribution in [1.29, 1.82) is 5.26 Å². The highest BCUT2D eigenvalue weighted by atomic mass is 19.1. The lowest BCUT2D eigenvalue weighted by molar-refractivity contribution is 0.628. The lowest BCUT2D eigenvalue weighted by Crippen LogP contribution is -2.12. The second kappa shape index (κ2) is 7.52. The average Bonchev–Trinajstić information content (AvgIpc) is 2.74. The summed E-state index contributed by atoms with van der Waals surface area (Å²) in [5, 5.41) is 13.6. The number of hydrogen-bond donors (Lipinski definition) is 2. The molecule has 29 heavy (non-hydrogen) atoms. The molecule has 0 amide bonds. The highest BCUT2D eigenvalue weighted by Crippen LogP contribution is 2.35. The van der Waals surface area contributed by atoms with E-state index in [0.29, 0.717) is 5.82 Å². The first kappa shape index (κ1) is 18.3. The third-order valence-corrected chi connectivity index (χ3v) is 4.75. The largest absolute Gasteiger partial charge is 0.382 e. The van der Waals surface area contributed by atoms with Crippen molar-refractivity contribution in [1.82, 2.24) is 15.0 Å². The molecule has 4 aromatic rings. The summed E-state index contributed by atoms with van der Waals surface area (Å²) < 4.78 is 13.5. The van der Waals surface area contributed by atoms with Crippen LogP contribution >= 0.6 is 0 Å². The minimum atomic E-state index is -0.296. The highest BCUT2D eigenvalue weighted by molar-refractivity contribution is 5.96. The number of nitrogen functional groups attached to an aromatic ring is 1. The van der Waals surface area contributed by atoms with Crippen LogP contribution in [0.25, 0.3) is 22.0 Å². The average molecular weight is 384 g/mol. The van der Waals surface area contributed by atoms with Gasteiger partial charge in [0.05, 0.1) is 11.6 Å². The smallest absolute Gasteiger partial charge is 0.150 e. The van der Waals surface area contributed by atoms with Gasteiger partial charge in [0.15, 0.2) is 0 Å². The number of pyridine rings is 1. The van der Waals surface area contributed by atoms with Gasteiger partial charge in [0, 0.05) is 17.1 Å². The first-order chi connectivity index (χ1) is 14.1. The number of nitrogens with two attached hydrogens (primary N) is 1. The Morgan fingerprint density at radius 2 is 1.83 bits per heavy atom. The molecule has 6 nitrogen and oxygen atoms in total. The van der Waals surface area contributed by atoms with E-state index in [-0.39, 0.29) is 23.2 Å². The van der Waals surface area contributed by atoms with E-state index in [1.807, 2.05) is 37.3 Å². The fraction of sp³-hybridized carbons (Fsp3) is 0.0909. The van der Waals surface area contributed by atoms with Crippen LogP contribution in [0, 0.1) is 17.1 Å². The molecule has 2 aromatic heterocycles. The number of nitrogens with zero attached hydrogens (tertiary/aromatic N) is 4. The second-order valence-corrected chi connectivity index (χ2v) is 6.57. The molecule has 0 saturated heterocycles. The Labute approximate surface area is 166 Å². The third-order valence-electron chi connectivity index (χ3n) is 4.75. The van der Waals surface area contributed by atoms with Gasteiger partial charge in [0.25, 0.3) is 0 Å². The van der Waals surface area contributed by atoms with E-state index in [0.717, 1.165) is 27.6 Å². The molecule has 0 radical (unpaired) electrons. The molecule has 4 rings (SSSR count). The number of fused-ring (bicyclic) bond motifs is 1. The van der Waals surface area contributed by atoms with Crippen molar-refractivity contribution in [2.75, 3.05) is 11.1 Å². The molecule has 0 spiro atoms. The van der Waals surface area contributed by atoms with E-state index in [1.165, 1.54) is 18.5 Å². The van der Waals surface area contributed by atoms with Gasteiger partial charge in [0.2, 0.25) is 0 Å². The van der Waals surface area contributed by atoms with Crippen LogP contribution in [0.15, 0.2) is 61.1 Å². The number of nitrogens with one attached hydrogen (secondary N) is 1. The van der Waals surface area contributed by atoms with Crippen LogP contribution in [0.2, 0.25) is 0 Å². The maximum absolute atomic E-state index is 13.5. The number of halogens is 1. The number of hydrogen-bond acceptors (Lipinski definition) is 6. The predicted octanol–water partition coefficient (Wildman–Crippen LogP) is 4.46. The fourth-order valence-corrected chi connectivity index (χ4v) is 3.33. The van der Waals surface area contributed by atoms with Gasteiger partial charge in [-0.25, -0.2) is 14.4 Å². The predicted molar refractivity (Wildman–Crippen MR) is 110 cm³/mol. The van der Waals surface area contributed by atoms with Gasteiger partial charge in [-0.3, -0.25) is 4.98 Å². The minimum Gasteiger partial charge on any atom is -0.382 e. The number of benzene rings is 2. The van der Waals surface area contributed by atoms with E-state index >= 15 is 0 Å². The minimum absolute atomic E-state index is 0.118. The van der Waals surface area contributed by atoms with Crippen molar-refractivity contribution in [3.05, 3.63) is 78.0 Å². The Hall–Kier alpha value is -4.05. The number of anilines is 2. The van der Waals surface area contributed by atoms with E-state index in [4.69, 9.17) is 5.73 Å². The first-order valence-electron chi connectivity index (χ1n) is 8.99. The summed E-state index contributed by atoms with van der Waals surface area (Å²) in [5.41, 5.74) is 9.52. The van der Waals surface area contributed by atoms with Gasteiger partial charge in [-0.15, -0.1) is 0 Å². The number of rotatable bonds is 4. The summed E-state index contributed by atoms with van der Waals surface area (Å²) in [5.74, 6) is 0.174. The van der Waals surface area contributed by atoms with Gasteiger partial charge in [-0.1, -0.05) is 30.3 Å². The third kappa shape index (κ3) is 3.44. The van der Waals surface area contributed by atoms with E-state index in [9.17, 15) is 9.65 Å². The van der Waals surface area contributed by atoms with Crippen molar-refractivity contribution < 1.29 is 4.39 Å². The molecular formula is C22H17FN6. The Morgan fingerprint density at radius 1 is 1.07 bits per heavy atom. The van der Waals surface area contributed by atoms with Gasteiger partial charge in [0.1, 0.15) is 35.4 Å². The van der Waals surface area contributed by atoms with Crippen LogP contribution in [0.5, 0.6) is 0 Å². The zero-order chi connectivity index (χ0) is 20.4. The topological polar surface area (TPSA) is 101 Å². The maximum Gasteiger partial charge on any atom is 0.150 e. The number of aromatic nitrogens is 3. The van der Waals surface area contributed by atoms with E-state index in [1.54, 1.807) is 18.3 Å². The van der Waals surface area contributed by atoms with Crippen LogP contribution in [0.4, 0.5) is 16.0 Å². The molecule has 0 aliphatic rings. The summed E-state index contributed by atoms with van der Waals surface area (Å²) in [6.45, 7) is 1.94. The highest BCUT2D eigenvalue weighted by Gasteiger charge is 2.18. The number of para-hydroxylation sites is 1. The summed E-state index contributed by atoms with van der Waals surface area (Å²) in [7, 11) is 0. The second-order valence-electron chi connectivity index (χ2n) is 6.57. The zero-order valence-electron chi connectivity index (χ0n) is 15.6. The molecule has 142 valence electrons. The van der Waals surface area contributed by atoms with Crippen LogP contribution in [-0.2, 0) is 0 Å². The van der Waals surface area contributed by atoms with Crippen LogP contribution in [-0.4, -0.2) is 15.0 Å². The summed E-state index contributed by atoms with van der Waals surface area (Å²) >= 11 is 0.